The van der Waals surface area contributed by atoms with Crippen molar-refractivity contribution >= 4 is 12.0 Å². The fraction of sp³-hybridized carbons (Fsp3) is 0.857. The van der Waals surface area contributed by atoms with Gasteiger partial charge < -0.3 is 20.5 Å². The van der Waals surface area contributed by atoms with Crippen molar-refractivity contribution in [3.63, 3.8) is 0 Å². The van der Waals surface area contributed by atoms with Gasteiger partial charge in [0.15, 0.2) is 0 Å². The van der Waals surface area contributed by atoms with E-state index in [0.29, 0.717) is 0 Å². The fourth-order valence-corrected chi connectivity index (χ4v) is 2.87. The smallest absolute Gasteiger partial charge is 0.315 e. The van der Waals surface area contributed by atoms with Crippen molar-refractivity contribution in [1.82, 2.24) is 10.6 Å². The normalized spacial score (nSPS) is 37.4. The number of nitrogens with one attached hydrogen (secondary N) is 2. The quantitative estimate of drug-likeness (QED) is 0.730. The third-order valence-electron chi connectivity index (χ3n) is 4.60. The predicted octanol–water partition coefficient (Wildman–Crippen LogP) is 1.35. The highest BCUT2D eigenvalue weighted by Crippen LogP contribution is 2.29. The Morgan fingerprint density at radius 3 is 2.45 bits per heavy atom. The molecule has 1 aliphatic carbocycles. The van der Waals surface area contributed by atoms with Crippen molar-refractivity contribution in [3.8, 4) is 0 Å². The highest BCUT2D eigenvalue weighted by atomic mass is 16.5. The molecule has 1 heterocycles. The number of aliphatic carboxylic acids is 1. The molecule has 6 nitrogen and oxygen atoms in total. The van der Waals surface area contributed by atoms with Gasteiger partial charge in [0.2, 0.25) is 0 Å². The third-order valence-corrected chi connectivity index (χ3v) is 4.60. The van der Waals surface area contributed by atoms with E-state index in [-0.39, 0.29) is 25.3 Å². The summed E-state index contributed by atoms with van der Waals surface area (Å²) in [7, 11) is 0. The first-order valence-corrected chi connectivity index (χ1v) is 7.30. The van der Waals surface area contributed by atoms with Gasteiger partial charge >= 0.3 is 12.0 Å². The van der Waals surface area contributed by atoms with Crippen LogP contribution in [0.5, 0.6) is 0 Å². The minimum Gasteiger partial charge on any atom is -0.481 e. The van der Waals surface area contributed by atoms with Crippen LogP contribution in [0.15, 0.2) is 0 Å². The number of hydrogen-bond donors (Lipinski definition) is 3. The first-order valence-electron chi connectivity index (χ1n) is 7.30. The van der Waals surface area contributed by atoms with Gasteiger partial charge in [0, 0.05) is 6.04 Å². The zero-order valence-electron chi connectivity index (χ0n) is 12.1. The van der Waals surface area contributed by atoms with Crippen LogP contribution in [-0.4, -0.2) is 42.4 Å². The number of amides is 2. The number of rotatable bonds is 3. The van der Waals surface area contributed by atoms with Gasteiger partial charge in [0.1, 0.15) is 5.41 Å². The Kier molecular flexibility index (Phi) is 4.52. The summed E-state index contributed by atoms with van der Waals surface area (Å²) in [4.78, 5) is 23.3. The summed E-state index contributed by atoms with van der Waals surface area (Å²) < 4.78 is 5.22. The molecule has 0 aromatic heterocycles. The fourth-order valence-electron chi connectivity index (χ4n) is 2.87. The van der Waals surface area contributed by atoms with Gasteiger partial charge in [-0.05, 0) is 38.5 Å². The molecule has 2 atom stereocenters. The molecule has 1 saturated carbocycles. The molecule has 2 aliphatic rings. The maximum Gasteiger partial charge on any atom is 0.315 e. The van der Waals surface area contributed by atoms with E-state index in [2.05, 4.69) is 17.6 Å². The van der Waals surface area contributed by atoms with Gasteiger partial charge in [0.25, 0.3) is 0 Å². The Hall–Kier alpha value is -1.30. The van der Waals surface area contributed by atoms with Crippen molar-refractivity contribution < 1.29 is 19.4 Å². The van der Waals surface area contributed by atoms with Crippen LogP contribution in [0.25, 0.3) is 0 Å². The van der Waals surface area contributed by atoms with Crippen LogP contribution in [0, 0.1) is 11.3 Å². The molecule has 114 valence electrons. The SMILES string of the molecule is CC1CCC(NC(=O)NC2COCC2(C)C(=O)O)CC1. The highest BCUT2D eigenvalue weighted by molar-refractivity contribution is 5.79. The van der Waals surface area contributed by atoms with Gasteiger partial charge in [-0.25, -0.2) is 4.79 Å². The van der Waals surface area contributed by atoms with E-state index in [1.807, 2.05) is 0 Å². The lowest BCUT2D eigenvalue weighted by Gasteiger charge is -2.29. The van der Waals surface area contributed by atoms with Crippen LogP contribution < -0.4 is 10.6 Å². The molecule has 0 bridgehead atoms. The summed E-state index contributed by atoms with van der Waals surface area (Å²) in [6.07, 6.45) is 4.24. The number of carbonyl (C=O) groups excluding carboxylic acids is 1. The molecule has 2 unspecified atom stereocenters. The molecule has 1 aliphatic heterocycles. The van der Waals surface area contributed by atoms with E-state index < -0.39 is 17.4 Å². The number of ether oxygens (including phenoxy) is 1. The second kappa shape index (κ2) is 5.99. The summed E-state index contributed by atoms with van der Waals surface area (Å²) in [6.45, 7) is 4.21. The van der Waals surface area contributed by atoms with E-state index in [4.69, 9.17) is 4.74 Å². The minimum absolute atomic E-state index is 0.133. The van der Waals surface area contributed by atoms with Crippen molar-refractivity contribution in [2.75, 3.05) is 13.2 Å². The number of hydrogen-bond acceptors (Lipinski definition) is 3. The summed E-state index contributed by atoms with van der Waals surface area (Å²) in [6, 6.07) is -0.570. The molecule has 2 fully saturated rings. The second-order valence-corrected chi connectivity index (χ2v) is 6.36. The maximum absolute atomic E-state index is 12.0. The van der Waals surface area contributed by atoms with Crippen LogP contribution in [-0.2, 0) is 9.53 Å². The minimum atomic E-state index is -1.04. The molecule has 0 aromatic rings. The molecule has 0 spiro atoms. The van der Waals surface area contributed by atoms with Crippen LogP contribution in [0.3, 0.4) is 0 Å². The van der Waals surface area contributed by atoms with Crippen molar-refractivity contribution in [2.45, 2.75) is 51.6 Å². The summed E-state index contributed by atoms with van der Waals surface area (Å²) in [5.74, 6) is -0.207. The summed E-state index contributed by atoms with van der Waals surface area (Å²) in [5.41, 5.74) is -1.04. The molecular weight excluding hydrogens is 260 g/mol. The van der Waals surface area contributed by atoms with E-state index in [1.54, 1.807) is 6.92 Å². The molecule has 2 rings (SSSR count). The molecule has 2 amide bonds. The lowest BCUT2D eigenvalue weighted by molar-refractivity contribution is -0.148. The Bertz CT molecular complexity index is 379. The van der Waals surface area contributed by atoms with Gasteiger partial charge in [-0.1, -0.05) is 6.92 Å². The second-order valence-electron chi connectivity index (χ2n) is 6.36. The van der Waals surface area contributed by atoms with Crippen molar-refractivity contribution in [3.05, 3.63) is 0 Å². The third kappa shape index (κ3) is 3.23. The van der Waals surface area contributed by atoms with Gasteiger partial charge in [-0.3, -0.25) is 4.79 Å². The zero-order chi connectivity index (χ0) is 14.8. The summed E-state index contributed by atoms with van der Waals surface area (Å²) >= 11 is 0. The van der Waals surface area contributed by atoms with Crippen LogP contribution in [0.4, 0.5) is 4.79 Å². The molecule has 3 N–H and O–H groups in total. The molecule has 20 heavy (non-hydrogen) atoms. The van der Waals surface area contributed by atoms with E-state index in [1.165, 1.54) is 0 Å². The van der Waals surface area contributed by atoms with Crippen LogP contribution in [0.2, 0.25) is 0 Å². The first-order chi connectivity index (χ1) is 9.41. The first kappa shape index (κ1) is 15.1. The number of carbonyl (C=O) groups is 2. The van der Waals surface area contributed by atoms with Gasteiger partial charge in [0.05, 0.1) is 19.3 Å². The Morgan fingerprint density at radius 1 is 1.20 bits per heavy atom. The van der Waals surface area contributed by atoms with Crippen molar-refractivity contribution in [1.29, 1.82) is 0 Å². The Labute approximate surface area is 119 Å². The average molecular weight is 284 g/mol. The molecule has 6 heteroatoms. The molecular formula is C14H24N2O4. The Morgan fingerprint density at radius 2 is 1.85 bits per heavy atom. The van der Waals surface area contributed by atoms with E-state index in [0.717, 1.165) is 31.6 Å². The molecule has 1 saturated heterocycles. The highest BCUT2D eigenvalue weighted by Gasteiger charge is 2.47. The average Bonchev–Trinajstić information content (AvgIpc) is 2.75. The largest absolute Gasteiger partial charge is 0.481 e. The number of carboxylic acids is 1. The van der Waals surface area contributed by atoms with Gasteiger partial charge in [-0.15, -0.1) is 0 Å². The lowest BCUT2D eigenvalue weighted by atomic mass is 9.85. The molecule has 0 radical (unpaired) electrons. The standard InChI is InChI=1S/C14H24N2O4/c1-9-3-5-10(6-4-9)15-13(19)16-11-7-20-8-14(11,2)12(17)18/h9-11H,3-8H2,1-2H3,(H,17,18)(H2,15,16,19). The van der Waals surface area contributed by atoms with E-state index in [9.17, 15) is 14.7 Å². The Balaban J connectivity index is 1.84. The van der Waals surface area contributed by atoms with Crippen molar-refractivity contribution in [2.24, 2.45) is 11.3 Å². The summed E-state index contributed by atoms with van der Waals surface area (Å²) in [5, 5.41) is 15.0. The topological polar surface area (TPSA) is 87.7 Å². The zero-order valence-corrected chi connectivity index (χ0v) is 12.1. The number of carboxylic acid groups (broad SMARTS) is 1. The van der Waals surface area contributed by atoms with Gasteiger partial charge in [-0.2, -0.15) is 0 Å². The van der Waals surface area contributed by atoms with Crippen LogP contribution in [0.1, 0.15) is 39.5 Å². The van der Waals surface area contributed by atoms with E-state index >= 15 is 0 Å². The monoisotopic (exact) mass is 284 g/mol. The van der Waals surface area contributed by atoms with Crippen LogP contribution >= 0.6 is 0 Å². The lowest BCUT2D eigenvalue weighted by Crippen LogP contribution is -2.54. The molecule has 0 aromatic carbocycles. The number of urea groups is 1. The predicted molar refractivity (Wildman–Crippen MR) is 73.4 cm³/mol. The maximum atomic E-state index is 12.0.